The topological polar surface area (TPSA) is 93.9 Å². The summed E-state index contributed by atoms with van der Waals surface area (Å²) in [6, 6.07) is 0. The molecule has 4 nitrogen and oxygen atoms in total. The van der Waals surface area contributed by atoms with Crippen LogP contribution in [0, 0.1) is 0 Å². The van der Waals surface area contributed by atoms with E-state index < -0.39 is 0 Å². The second-order valence-corrected chi connectivity index (χ2v) is 4.09. The van der Waals surface area contributed by atoms with E-state index >= 15 is 0 Å². The number of hydrogen-bond acceptors (Lipinski definition) is 2. The van der Waals surface area contributed by atoms with Crippen molar-refractivity contribution in [2.75, 3.05) is 7.11 Å². The van der Waals surface area contributed by atoms with E-state index in [0.717, 1.165) is 7.11 Å². The normalized spacial score (nSPS) is 5.58. The van der Waals surface area contributed by atoms with Crippen molar-refractivity contribution < 1.29 is 15.4 Å². The van der Waals surface area contributed by atoms with E-state index in [1.807, 2.05) is 0 Å². The van der Waals surface area contributed by atoms with Crippen molar-refractivity contribution >= 4 is 53.9 Å². The Hall–Kier alpha value is 0.897. The van der Waals surface area contributed by atoms with Gasteiger partial charge in [0.2, 0.25) is 0 Å². The molecule has 8 radical (unpaired) electrons. The Morgan fingerprint density at radius 2 is 0.625 bits per heavy atom. The SMILES string of the molecule is CCCC.CCCC.CCCC.CCCC.C[O-].O.[N-]=C=O.[Sn].[Sn]. The molecule has 0 aliphatic rings. The fraction of sp³-hybridized carbons (Fsp3) is 0.944. The van der Waals surface area contributed by atoms with Gasteiger partial charge < -0.3 is 16.0 Å². The maximum absolute atomic E-state index is 8.25. The van der Waals surface area contributed by atoms with Crippen LogP contribution in [0.4, 0.5) is 0 Å². The van der Waals surface area contributed by atoms with E-state index in [4.69, 9.17) is 15.3 Å². The van der Waals surface area contributed by atoms with Crippen LogP contribution in [0.2, 0.25) is 0 Å². The minimum Gasteiger partial charge on any atom is -0.857 e. The van der Waals surface area contributed by atoms with E-state index in [0.29, 0.717) is 6.08 Å². The maximum atomic E-state index is 8.25. The first-order valence-corrected chi connectivity index (χ1v) is 8.49. The third kappa shape index (κ3) is 458. The fourth-order valence-electron chi connectivity index (χ4n) is 0. The van der Waals surface area contributed by atoms with Crippen molar-refractivity contribution in [3.8, 4) is 0 Å². The molecule has 0 rings (SSSR count). The van der Waals surface area contributed by atoms with E-state index in [1.54, 1.807) is 0 Å². The average Bonchev–Trinajstić information content (AvgIpc) is 2.57. The molecule has 0 aliphatic heterocycles. The summed E-state index contributed by atoms with van der Waals surface area (Å²) in [5.41, 5.74) is 0. The van der Waals surface area contributed by atoms with Gasteiger partial charge >= 0.3 is 0 Å². The standard InChI is InChI=1S/4C4H10.CNO.CH3O.H2O.2Sn/c4*1-3-4-2;2-1-3;1-2;;;/h4*3-4H2,1-2H3;;1H3;1H2;;/q;;;;2*-1;;;. The van der Waals surface area contributed by atoms with Gasteiger partial charge in [-0.1, -0.05) is 107 Å². The van der Waals surface area contributed by atoms with Crippen molar-refractivity contribution in [3.05, 3.63) is 5.41 Å². The van der Waals surface area contributed by atoms with E-state index in [1.165, 1.54) is 51.4 Å². The Bertz CT molecular complexity index is 101. The molecule has 0 amide bonds. The van der Waals surface area contributed by atoms with Crippen LogP contribution in [0.25, 0.3) is 5.41 Å². The molecule has 0 aliphatic carbocycles. The molecule has 0 atom stereocenters. The first-order chi connectivity index (χ1) is 10.1. The zero-order valence-corrected chi connectivity index (χ0v) is 23.6. The summed E-state index contributed by atoms with van der Waals surface area (Å²) in [5, 5.41) is 15.0. The van der Waals surface area contributed by atoms with Crippen molar-refractivity contribution in [3.63, 3.8) is 0 Å². The number of nitrogens with zero attached hydrogens (tertiary/aromatic N) is 1. The summed E-state index contributed by atoms with van der Waals surface area (Å²) in [6.45, 7) is 17.4. The van der Waals surface area contributed by atoms with Gasteiger partial charge in [-0.15, -0.1) is 0 Å². The molecular weight excluding hydrogens is 516 g/mol. The van der Waals surface area contributed by atoms with Gasteiger partial charge in [0.25, 0.3) is 0 Å². The fourth-order valence-corrected chi connectivity index (χ4v) is 0. The number of isocyanates is 1. The first kappa shape index (κ1) is 56.3. The Labute approximate surface area is 187 Å². The predicted molar refractivity (Wildman–Crippen MR) is 112 cm³/mol. The van der Waals surface area contributed by atoms with Gasteiger partial charge in [0.1, 0.15) is 0 Å². The monoisotopic (exact) mass is 563 g/mol. The van der Waals surface area contributed by atoms with Crippen molar-refractivity contribution in [1.29, 1.82) is 0 Å². The maximum Gasteiger partial charge on any atom is 0 e. The van der Waals surface area contributed by atoms with Gasteiger partial charge in [0.05, 0.1) is 0 Å². The third-order valence-electron chi connectivity index (χ3n) is 2.00. The van der Waals surface area contributed by atoms with Crippen molar-refractivity contribution in [2.24, 2.45) is 0 Å². The minimum atomic E-state index is 0. The number of hydrogen-bond donors (Lipinski definition) is 0. The van der Waals surface area contributed by atoms with Crippen LogP contribution in [0.1, 0.15) is 107 Å². The van der Waals surface area contributed by atoms with Crippen LogP contribution in [0.3, 0.4) is 0 Å². The van der Waals surface area contributed by atoms with Gasteiger partial charge in [0, 0.05) is 47.8 Å². The molecule has 0 spiro atoms. The molecule has 24 heavy (non-hydrogen) atoms. The largest absolute Gasteiger partial charge is 0.857 e. The van der Waals surface area contributed by atoms with Crippen LogP contribution >= 0.6 is 0 Å². The van der Waals surface area contributed by atoms with Crippen LogP contribution in [0.5, 0.6) is 0 Å². The summed E-state index contributed by atoms with van der Waals surface area (Å²) >= 11 is 0. The van der Waals surface area contributed by atoms with Gasteiger partial charge in [-0.3, -0.25) is 4.79 Å². The van der Waals surface area contributed by atoms with Crippen molar-refractivity contribution in [2.45, 2.75) is 107 Å². The summed E-state index contributed by atoms with van der Waals surface area (Å²) in [7, 11) is 0.750. The summed E-state index contributed by atoms with van der Waals surface area (Å²) in [5.74, 6) is 0. The number of carbonyl (C=O) groups excluding carboxylic acids is 1. The molecular formula is C18H45NO3Sn2-2. The summed E-state index contributed by atoms with van der Waals surface area (Å²) < 4.78 is 0. The van der Waals surface area contributed by atoms with Crippen LogP contribution in [-0.2, 0) is 4.79 Å². The molecule has 0 bridgehead atoms. The van der Waals surface area contributed by atoms with E-state index in [2.05, 4.69) is 55.4 Å². The molecule has 0 aromatic rings. The zero-order valence-electron chi connectivity index (χ0n) is 17.9. The molecule has 0 fully saturated rings. The van der Waals surface area contributed by atoms with E-state index in [-0.39, 0.29) is 53.3 Å². The molecule has 0 unspecified atom stereocenters. The second kappa shape index (κ2) is 128. The van der Waals surface area contributed by atoms with Gasteiger partial charge in [-0.2, -0.15) is 7.11 Å². The third-order valence-corrected chi connectivity index (χ3v) is 2.00. The number of unbranched alkanes of at least 4 members (excludes halogenated alkanes) is 4. The molecule has 0 aromatic heterocycles. The van der Waals surface area contributed by atoms with E-state index in [9.17, 15) is 0 Å². The smallest absolute Gasteiger partial charge is 0 e. The Morgan fingerprint density at radius 3 is 0.625 bits per heavy atom. The molecule has 0 aromatic carbocycles. The Morgan fingerprint density at radius 1 is 0.583 bits per heavy atom. The minimum absolute atomic E-state index is 0. The summed E-state index contributed by atoms with van der Waals surface area (Å²) in [4.78, 5) is 8.24. The van der Waals surface area contributed by atoms with Gasteiger partial charge in [0.15, 0.2) is 0 Å². The molecule has 150 valence electrons. The molecule has 0 heterocycles. The number of rotatable bonds is 4. The van der Waals surface area contributed by atoms with Crippen LogP contribution in [0.15, 0.2) is 0 Å². The summed E-state index contributed by atoms with van der Waals surface area (Å²) in [6.07, 6.45) is 11.1. The zero-order chi connectivity index (χ0) is 18.4. The quantitative estimate of drug-likeness (QED) is 0.287. The van der Waals surface area contributed by atoms with Gasteiger partial charge in [-0.25, -0.2) is 0 Å². The molecule has 0 saturated heterocycles. The second-order valence-electron chi connectivity index (χ2n) is 4.09. The molecule has 6 heteroatoms. The predicted octanol–water partition coefficient (Wildman–Crippen LogP) is 4.51. The van der Waals surface area contributed by atoms with Crippen molar-refractivity contribution in [1.82, 2.24) is 0 Å². The van der Waals surface area contributed by atoms with Gasteiger partial charge in [-0.05, 0) is 6.08 Å². The van der Waals surface area contributed by atoms with Crippen LogP contribution in [-0.4, -0.2) is 66.5 Å². The molecule has 2 N–H and O–H groups in total. The first-order valence-electron chi connectivity index (χ1n) is 8.49. The average molecular weight is 561 g/mol. The molecule has 0 saturated carbocycles. The van der Waals surface area contributed by atoms with Crippen LogP contribution < -0.4 is 5.11 Å². The Balaban J connectivity index is -0.0000000159. The Kier molecular flexibility index (Phi) is 300.